The minimum absolute atomic E-state index is 0.0312. The maximum Gasteiger partial charge on any atom is 0.255 e. The summed E-state index contributed by atoms with van der Waals surface area (Å²) >= 11 is 0. The molecule has 1 amide bonds. The first-order chi connectivity index (χ1) is 10.8. The molecule has 0 aliphatic rings. The van der Waals surface area contributed by atoms with Crippen molar-refractivity contribution in [2.24, 2.45) is 0 Å². The summed E-state index contributed by atoms with van der Waals surface area (Å²) in [5.74, 6) is -2.65. The number of carbonyl (C=O) groups excluding carboxylic acids is 1. The van der Waals surface area contributed by atoms with Gasteiger partial charge in [-0.05, 0) is 36.4 Å². The number of anilines is 1. The molecule has 0 bridgehead atoms. The Hall–Kier alpha value is -2.32. The van der Waals surface area contributed by atoms with E-state index in [2.05, 4.69) is 10.0 Å². The molecule has 8 heteroatoms. The Labute approximate surface area is 132 Å². The van der Waals surface area contributed by atoms with Gasteiger partial charge in [0, 0.05) is 23.9 Å². The van der Waals surface area contributed by atoms with Crippen molar-refractivity contribution >= 4 is 21.6 Å². The number of hydrogen-bond acceptors (Lipinski definition) is 3. The lowest BCUT2D eigenvalue weighted by Crippen LogP contribution is -2.23. The van der Waals surface area contributed by atoms with E-state index in [0.29, 0.717) is 0 Å². The van der Waals surface area contributed by atoms with Crippen LogP contribution in [0.1, 0.15) is 17.3 Å². The Morgan fingerprint density at radius 2 is 1.70 bits per heavy atom. The summed E-state index contributed by atoms with van der Waals surface area (Å²) in [6.07, 6.45) is 0. The monoisotopic (exact) mass is 340 g/mol. The Kier molecular flexibility index (Phi) is 5.07. The van der Waals surface area contributed by atoms with Gasteiger partial charge in [-0.15, -0.1) is 0 Å². The van der Waals surface area contributed by atoms with Gasteiger partial charge in [-0.25, -0.2) is 21.9 Å². The zero-order chi connectivity index (χ0) is 17.0. The first-order valence-electron chi connectivity index (χ1n) is 6.69. The summed E-state index contributed by atoms with van der Waals surface area (Å²) in [6, 6.07) is 8.23. The molecule has 0 aliphatic heterocycles. The Morgan fingerprint density at radius 3 is 2.26 bits per heavy atom. The quantitative estimate of drug-likeness (QED) is 0.878. The second-order valence-electron chi connectivity index (χ2n) is 4.61. The second kappa shape index (κ2) is 6.84. The molecule has 0 saturated carbocycles. The fourth-order valence-electron chi connectivity index (χ4n) is 1.84. The van der Waals surface area contributed by atoms with Crippen LogP contribution in [0.5, 0.6) is 0 Å². The molecule has 122 valence electrons. The lowest BCUT2D eigenvalue weighted by atomic mass is 10.2. The second-order valence-corrected chi connectivity index (χ2v) is 6.38. The van der Waals surface area contributed by atoms with Crippen molar-refractivity contribution in [3.8, 4) is 0 Å². The van der Waals surface area contributed by atoms with Crippen molar-refractivity contribution in [3.63, 3.8) is 0 Å². The van der Waals surface area contributed by atoms with E-state index in [0.717, 1.165) is 12.1 Å². The molecule has 0 fully saturated rings. The fourth-order valence-corrected chi connectivity index (χ4v) is 2.88. The predicted molar refractivity (Wildman–Crippen MR) is 81.6 cm³/mol. The Morgan fingerprint density at radius 1 is 1.04 bits per heavy atom. The number of carbonyl (C=O) groups is 1. The van der Waals surface area contributed by atoms with Crippen LogP contribution >= 0.6 is 0 Å². The standard InChI is InChI=1S/C15H14F2N2O3S/c1-2-18-23(21,22)12-6-3-10(4-7-12)15(20)19-11-5-8-13(16)14(17)9-11/h3-9,18H,2H2,1H3,(H,19,20). The summed E-state index contributed by atoms with van der Waals surface area (Å²) in [6.45, 7) is 1.90. The highest BCUT2D eigenvalue weighted by atomic mass is 32.2. The lowest BCUT2D eigenvalue weighted by molar-refractivity contribution is 0.102. The van der Waals surface area contributed by atoms with Gasteiger partial charge in [0.15, 0.2) is 11.6 Å². The maximum absolute atomic E-state index is 13.1. The molecule has 0 heterocycles. The zero-order valence-corrected chi connectivity index (χ0v) is 13.0. The number of benzene rings is 2. The van der Waals surface area contributed by atoms with Crippen molar-refractivity contribution in [2.75, 3.05) is 11.9 Å². The van der Waals surface area contributed by atoms with Gasteiger partial charge in [0.25, 0.3) is 5.91 Å². The van der Waals surface area contributed by atoms with E-state index in [1.807, 2.05) is 0 Å². The minimum Gasteiger partial charge on any atom is -0.322 e. The average Bonchev–Trinajstić information content (AvgIpc) is 2.51. The van der Waals surface area contributed by atoms with E-state index in [-0.39, 0.29) is 22.7 Å². The number of sulfonamides is 1. The summed E-state index contributed by atoms with van der Waals surface area (Å²) in [5, 5.41) is 2.40. The molecule has 0 aromatic heterocycles. The van der Waals surface area contributed by atoms with E-state index in [4.69, 9.17) is 0 Å². The van der Waals surface area contributed by atoms with Crippen molar-refractivity contribution < 1.29 is 22.0 Å². The molecule has 2 aromatic rings. The van der Waals surface area contributed by atoms with Gasteiger partial charge in [-0.2, -0.15) is 0 Å². The highest BCUT2D eigenvalue weighted by molar-refractivity contribution is 7.89. The molecular formula is C15H14F2N2O3S. The Bertz CT molecular complexity index is 821. The first-order valence-corrected chi connectivity index (χ1v) is 8.18. The molecule has 2 N–H and O–H groups in total. The third-order valence-electron chi connectivity index (χ3n) is 2.94. The van der Waals surface area contributed by atoms with Crippen LogP contribution in [0.15, 0.2) is 47.4 Å². The van der Waals surface area contributed by atoms with E-state index >= 15 is 0 Å². The number of halogens is 2. The van der Waals surface area contributed by atoms with E-state index in [9.17, 15) is 22.0 Å². The highest BCUT2D eigenvalue weighted by Gasteiger charge is 2.14. The van der Waals surface area contributed by atoms with Crippen molar-refractivity contribution in [3.05, 3.63) is 59.7 Å². The van der Waals surface area contributed by atoms with Crippen LogP contribution in [0.2, 0.25) is 0 Å². The summed E-state index contributed by atoms with van der Waals surface area (Å²) in [4.78, 5) is 12.0. The van der Waals surface area contributed by atoms with E-state index in [1.165, 1.54) is 30.3 Å². The van der Waals surface area contributed by atoms with Crippen LogP contribution in [-0.4, -0.2) is 20.9 Å². The molecule has 0 unspecified atom stereocenters. The van der Waals surface area contributed by atoms with Gasteiger partial charge in [0.2, 0.25) is 10.0 Å². The molecule has 0 spiro atoms. The molecule has 2 aromatic carbocycles. The van der Waals surface area contributed by atoms with Crippen LogP contribution in [0.4, 0.5) is 14.5 Å². The summed E-state index contributed by atoms with van der Waals surface area (Å²) in [7, 11) is -3.60. The first kappa shape index (κ1) is 17.0. The lowest BCUT2D eigenvalue weighted by Gasteiger charge is -2.07. The molecule has 0 saturated heterocycles. The summed E-state index contributed by atoms with van der Waals surface area (Å²) < 4.78 is 51.8. The van der Waals surface area contributed by atoms with Crippen LogP contribution in [0, 0.1) is 11.6 Å². The van der Waals surface area contributed by atoms with E-state index < -0.39 is 27.6 Å². The van der Waals surface area contributed by atoms with Gasteiger partial charge < -0.3 is 5.32 Å². The van der Waals surface area contributed by atoms with Gasteiger partial charge in [-0.3, -0.25) is 4.79 Å². The van der Waals surface area contributed by atoms with Gasteiger partial charge in [0.05, 0.1) is 4.90 Å². The van der Waals surface area contributed by atoms with Crippen LogP contribution < -0.4 is 10.0 Å². The van der Waals surface area contributed by atoms with Gasteiger partial charge in [-0.1, -0.05) is 6.92 Å². The molecule has 23 heavy (non-hydrogen) atoms. The minimum atomic E-state index is -3.60. The van der Waals surface area contributed by atoms with Crippen molar-refractivity contribution in [1.29, 1.82) is 0 Å². The maximum atomic E-state index is 13.1. The van der Waals surface area contributed by atoms with Gasteiger partial charge >= 0.3 is 0 Å². The largest absolute Gasteiger partial charge is 0.322 e. The third-order valence-corrected chi connectivity index (χ3v) is 4.50. The molecule has 0 aliphatic carbocycles. The molecular weight excluding hydrogens is 326 g/mol. The normalized spacial score (nSPS) is 11.3. The van der Waals surface area contributed by atoms with Crippen molar-refractivity contribution in [2.45, 2.75) is 11.8 Å². The third kappa shape index (κ3) is 4.11. The van der Waals surface area contributed by atoms with Crippen molar-refractivity contribution in [1.82, 2.24) is 4.72 Å². The van der Waals surface area contributed by atoms with Crippen LogP contribution in [0.3, 0.4) is 0 Å². The zero-order valence-electron chi connectivity index (χ0n) is 12.1. The van der Waals surface area contributed by atoms with Crippen LogP contribution in [-0.2, 0) is 10.0 Å². The number of rotatable bonds is 5. The average molecular weight is 340 g/mol. The number of amides is 1. The highest BCUT2D eigenvalue weighted by Crippen LogP contribution is 2.15. The molecule has 0 radical (unpaired) electrons. The van der Waals surface area contributed by atoms with Gasteiger partial charge in [0.1, 0.15) is 0 Å². The molecule has 2 rings (SSSR count). The topological polar surface area (TPSA) is 75.3 Å². The smallest absolute Gasteiger partial charge is 0.255 e. The fraction of sp³-hybridized carbons (Fsp3) is 0.133. The molecule has 5 nitrogen and oxygen atoms in total. The summed E-state index contributed by atoms with van der Waals surface area (Å²) in [5.41, 5.74) is 0.281. The Balaban J connectivity index is 2.15. The predicted octanol–water partition coefficient (Wildman–Crippen LogP) is 2.52. The SMILES string of the molecule is CCNS(=O)(=O)c1ccc(C(=O)Nc2ccc(F)c(F)c2)cc1. The molecule has 0 atom stereocenters. The number of hydrogen-bond donors (Lipinski definition) is 2. The van der Waals surface area contributed by atoms with Crippen LogP contribution in [0.25, 0.3) is 0 Å². The van der Waals surface area contributed by atoms with E-state index in [1.54, 1.807) is 6.92 Å². The number of nitrogens with one attached hydrogen (secondary N) is 2.